The topological polar surface area (TPSA) is 50.4 Å². The number of hydrogen-bond acceptors (Lipinski definition) is 4. The van der Waals surface area contributed by atoms with E-state index in [0.717, 1.165) is 11.0 Å². The summed E-state index contributed by atoms with van der Waals surface area (Å²) in [7, 11) is 0. The molecular formula is C14H16O3S. The second-order valence-electron chi connectivity index (χ2n) is 4.33. The maximum Gasteiger partial charge on any atom is 0.176 e. The van der Waals surface area contributed by atoms with Gasteiger partial charge < -0.3 is 9.52 Å². The number of furan rings is 1. The highest BCUT2D eigenvalue weighted by Crippen LogP contribution is 2.23. The third-order valence-corrected chi connectivity index (χ3v) is 4.29. The Morgan fingerprint density at radius 1 is 1.39 bits per heavy atom. The predicted molar refractivity (Wildman–Crippen MR) is 74.1 cm³/mol. The van der Waals surface area contributed by atoms with E-state index < -0.39 is 6.10 Å². The molecular weight excluding hydrogens is 248 g/mol. The first kappa shape index (κ1) is 13.2. The standard InChI is InChI=1S/C14H16O3S/c1-9(15)10(2)18-8-13(16)12-7-17-14-6-4-3-5-11(12)14/h3-7,9-10,15H,8H2,1-2H3. The molecule has 1 N–H and O–H groups in total. The van der Waals surface area contributed by atoms with Crippen molar-refractivity contribution >= 4 is 28.5 Å². The number of fused-ring (bicyclic) bond motifs is 1. The van der Waals surface area contributed by atoms with E-state index in [9.17, 15) is 9.90 Å². The number of hydrogen-bond donors (Lipinski definition) is 1. The Labute approximate surface area is 110 Å². The van der Waals surface area contributed by atoms with Crippen LogP contribution in [0.5, 0.6) is 0 Å². The summed E-state index contributed by atoms with van der Waals surface area (Å²) in [6.07, 6.45) is 1.10. The normalized spacial score (nSPS) is 14.6. The van der Waals surface area contributed by atoms with Crippen molar-refractivity contribution in [3.05, 3.63) is 36.1 Å². The van der Waals surface area contributed by atoms with Gasteiger partial charge >= 0.3 is 0 Å². The smallest absolute Gasteiger partial charge is 0.176 e. The SMILES string of the molecule is CC(O)C(C)SCC(=O)c1coc2ccccc12. The first-order valence-corrected chi connectivity index (χ1v) is 6.93. The number of benzene rings is 1. The third kappa shape index (κ3) is 2.76. The van der Waals surface area contributed by atoms with Crippen molar-refractivity contribution in [3.63, 3.8) is 0 Å². The Balaban J connectivity index is 2.10. The molecule has 0 aliphatic carbocycles. The molecule has 2 unspecified atom stereocenters. The Hall–Kier alpha value is -1.26. The number of ketones is 1. The van der Waals surface area contributed by atoms with E-state index in [1.165, 1.54) is 18.0 Å². The lowest BCUT2D eigenvalue weighted by Crippen LogP contribution is -2.17. The summed E-state index contributed by atoms with van der Waals surface area (Å²) < 4.78 is 5.34. The van der Waals surface area contributed by atoms with Gasteiger partial charge in [0.05, 0.1) is 17.4 Å². The van der Waals surface area contributed by atoms with Gasteiger partial charge in [0.1, 0.15) is 11.8 Å². The van der Waals surface area contributed by atoms with Gasteiger partial charge in [-0.15, -0.1) is 11.8 Å². The highest BCUT2D eigenvalue weighted by atomic mass is 32.2. The molecule has 4 heteroatoms. The van der Waals surface area contributed by atoms with Crippen LogP contribution in [0.15, 0.2) is 34.9 Å². The Morgan fingerprint density at radius 3 is 2.83 bits per heavy atom. The van der Waals surface area contributed by atoms with E-state index in [1.54, 1.807) is 6.92 Å². The lowest BCUT2D eigenvalue weighted by atomic mass is 10.1. The number of aliphatic hydroxyl groups is 1. The fourth-order valence-corrected chi connectivity index (χ4v) is 2.47. The summed E-state index contributed by atoms with van der Waals surface area (Å²) in [4.78, 5) is 12.1. The van der Waals surface area contributed by atoms with E-state index in [0.29, 0.717) is 11.3 Å². The van der Waals surface area contributed by atoms with Gasteiger partial charge in [0, 0.05) is 10.6 Å². The van der Waals surface area contributed by atoms with Gasteiger partial charge in [0.25, 0.3) is 0 Å². The summed E-state index contributed by atoms with van der Waals surface area (Å²) in [5.41, 5.74) is 1.35. The van der Waals surface area contributed by atoms with Crippen molar-refractivity contribution in [3.8, 4) is 0 Å². The van der Waals surface area contributed by atoms with Crippen molar-refractivity contribution in [2.24, 2.45) is 0 Å². The number of aliphatic hydroxyl groups excluding tert-OH is 1. The van der Waals surface area contributed by atoms with Crippen LogP contribution in [-0.4, -0.2) is 28.0 Å². The molecule has 0 spiro atoms. The third-order valence-electron chi connectivity index (χ3n) is 2.94. The highest BCUT2D eigenvalue weighted by Gasteiger charge is 2.16. The van der Waals surface area contributed by atoms with Gasteiger partial charge in [-0.1, -0.05) is 25.1 Å². The molecule has 3 nitrogen and oxygen atoms in total. The molecule has 0 amide bonds. The molecule has 18 heavy (non-hydrogen) atoms. The van der Waals surface area contributed by atoms with Crippen LogP contribution in [0.1, 0.15) is 24.2 Å². The predicted octanol–water partition coefficient (Wildman–Crippen LogP) is 3.12. The molecule has 0 radical (unpaired) electrons. The average molecular weight is 264 g/mol. The zero-order valence-corrected chi connectivity index (χ0v) is 11.2. The van der Waals surface area contributed by atoms with E-state index in [-0.39, 0.29) is 11.0 Å². The quantitative estimate of drug-likeness (QED) is 0.843. The molecule has 1 aromatic carbocycles. The van der Waals surface area contributed by atoms with E-state index >= 15 is 0 Å². The fourth-order valence-electron chi connectivity index (χ4n) is 1.62. The Morgan fingerprint density at radius 2 is 2.11 bits per heavy atom. The maximum atomic E-state index is 12.1. The van der Waals surface area contributed by atoms with Gasteiger partial charge in [-0.25, -0.2) is 0 Å². The van der Waals surface area contributed by atoms with Crippen molar-refractivity contribution < 1.29 is 14.3 Å². The van der Waals surface area contributed by atoms with Crippen LogP contribution in [0.2, 0.25) is 0 Å². The molecule has 1 heterocycles. The van der Waals surface area contributed by atoms with E-state index in [1.807, 2.05) is 31.2 Å². The lowest BCUT2D eigenvalue weighted by Gasteiger charge is -2.12. The molecule has 0 saturated carbocycles. The number of rotatable bonds is 5. The second-order valence-corrected chi connectivity index (χ2v) is 5.69. The van der Waals surface area contributed by atoms with Crippen LogP contribution in [0, 0.1) is 0 Å². The maximum absolute atomic E-state index is 12.1. The van der Waals surface area contributed by atoms with Crippen LogP contribution in [0.25, 0.3) is 11.0 Å². The molecule has 2 rings (SSSR count). The minimum Gasteiger partial charge on any atom is -0.464 e. The minimum absolute atomic E-state index is 0.0393. The monoisotopic (exact) mass is 264 g/mol. The molecule has 1 aromatic heterocycles. The highest BCUT2D eigenvalue weighted by molar-refractivity contribution is 8.00. The van der Waals surface area contributed by atoms with Crippen molar-refractivity contribution in [1.29, 1.82) is 0 Å². The number of thioether (sulfide) groups is 1. The molecule has 0 bridgehead atoms. The zero-order valence-electron chi connectivity index (χ0n) is 10.4. The first-order valence-electron chi connectivity index (χ1n) is 5.88. The summed E-state index contributed by atoms with van der Waals surface area (Å²) in [5, 5.41) is 10.3. The van der Waals surface area contributed by atoms with E-state index in [2.05, 4.69) is 0 Å². The Kier molecular flexibility index (Phi) is 4.09. The molecule has 96 valence electrons. The average Bonchev–Trinajstić information content (AvgIpc) is 2.79. The van der Waals surface area contributed by atoms with Gasteiger partial charge in [0.15, 0.2) is 5.78 Å². The van der Waals surface area contributed by atoms with Gasteiger partial charge in [0.2, 0.25) is 0 Å². The van der Waals surface area contributed by atoms with Crippen LogP contribution in [0.4, 0.5) is 0 Å². The van der Waals surface area contributed by atoms with E-state index in [4.69, 9.17) is 4.42 Å². The number of Topliss-reactive ketones (excluding diaryl/α,β-unsaturated/α-hetero) is 1. The fraction of sp³-hybridized carbons (Fsp3) is 0.357. The zero-order chi connectivity index (χ0) is 13.1. The van der Waals surface area contributed by atoms with Crippen LogP contribution in [-0.2, 0) is 0 Å². The summed E-state index contributed by atoms with van der Waals surface area (Å²) in [6, 6.07) is 7.50. The van der Waals surface area contributed by atoms with Crippen LogP contribution in [0.3, 0.4) is 0 Å². The first-order chi connectivity index (χ1) is 8.59. The summed E-state index contributed by atoms with van der Waals surface area (Å²) in [6.45, 7) is 3.64. The minimum atomic E-state index is -0.413. The van der Waals surface area contributed by atoms with Crippen molar-refractivity contribution in [1.82, 2.24) is 0 Å². The number of carbonyl (C=O) groups is 1. The lowest BCUT2D eigenvalue weighted by molar-refractivity contribution is 0.102. The molecule has 2 aromatic rings. The summed E-state index contributed by atoms with van der Waals surface area (Å²) in [5.74, 6) is 0.396. The van der Waals surface area contributed by atoms with Crippen molar-refractivity contribution in [2.45, 2.75) is 25.2 Å². The summed E-state index contributed by atoms with van der Waals surface area (Å²) >= 11 is 1.46. The molecule has 2 atom stereocenters. The van der Waals surface area contributed by atoms with Crippen molar-refractivity contribution in [2.75, 3.05) is 5.75 Å². The molecule has 0 fully saturated rings. The van der Waals surface area contributed by atoms with Gasteiger partial charge in [-0.05, 0) is 13.0 Å². The molecule has 0 saturated heterocycles. The second kappa shape index (κ2) is 5.59. The van der Waals surface area contributed by atoms with Gasteiger partial charge in [-0.2, -0.15) is 0 Å². The van der Waals surface area contributed by atoms with Crippen LogP contribution < -0.4 is 0 Å². The number of para-hydroxylation sites is 1. The number of carbonyl (C=O) groups excluding carboxylic acids is 1. The molecule has 0 aliphatic heterocycles. The Bertz CT molecular complexity index is 545. The largest absolute Gasteiger partial charge is 0.464 e. The molecule has 0 aliphatic rings. The van der Waals surface area contributed by atoms with Gasteiger partial charge in [-0.3, -0.25) is 4.79 Å². The van der Waals surface area contributed by atoms with Crippen LogP contribution >= 0.6 is 11.8 Å².